The smallest absolute Gasteiger partial charge is 0.0346 e. The second-order valence-corrected chi connectivity index (χ2v) is 6.73. The number of nitrogens with one attached hydrogen (secondary N) is 1. The van der Waals surface area contributed by atoms with E-state index in [9.17, 15) is 0 Å². The van der Waals surface area contributed by atoms with Crippen molar-refractivity contribution in [1.29, 1.82) is 0 Å². The van der Waals surface area contributed by atoms with Crippen molar-refractivity contribution in [1.82, 2.24) is 0 Å². The second kappa shape index (κ2) is 8.67. The molecule has 0 amide bonds. The van der Waals surface area contributed by atoms with Gasteiger partial charge < -0.3 is 11.1 Å². The number of aryl methyl sites for hydroxylation is 1. The standard InChI is InChI=1S/C20H32N2/c1-14(2)16(4)9-7-15(3)8-10-18(6)22-19-11-12-20(21)17(5)13-19/h7,9,11-14,18,22H,8,10,21H2,1-6H3/b15-7-,16-9+. The minimum atomic E-state index is 0.446. The van der Waals surface area contributed by atoms with Crippen molar-refractivity contribution in [2.24, 2.45) is 5.92 Å². The third kappa shape index (κ3) is 6.38. The Kier molecular flexibility index (Phi) is 7.23. The van der Waals surface area contributed by atoms with Gasteiger partial charge in [0.05, 0.1) is 0 Å². The summed E-state index contributed by atoms with van der Waals surface area (Å²) >= 11 is 0. The molecule has 1 rings (SSSR count). The zero-order chi connectivity index (χ0) is 16.7. The molecule has 1 aromatic rings. The van der Waals surface area contributed by atoms with E-state index in [2.05, 4.69) is 64.2 Å². The maximum absolute atomic E-state index is 5.86. The van der Waals surface area contributed by atoms with Gasteiger partial charge in [-0.05, 0) is 70.2 Å². The number of allylic oxidation sites excluding steroid dienone is 4. The van der Waals surface area contributed by atoms with Crippen LogP contribution < -0.4 is 11.1 Å². The Labute approximate surface area is 136 Å². The summed E-state index contributed by atoms with van der Waals surface area (Å²) in [6, 6.07) is 6.58. The lowest BCUT2D eigenvalue weighted by Crippen LogP contribution is -2.15. The average Bonchev–Trinajstić information content (AvgIpc) is 2.46. The number of nitrogens with two attached hydrogens (primary N) is 1. The zero-order valence-corrected chi connectivity index (χ0v) is 15.0. The summed E-state index contributed by atoms with van der Waals surface area (Å²) in [5, 5.41) is 3.55. The van der Waals surface area contributed by atoms with Gasteiger partial charge in [0.25, 0.3) is 0 Å². The van der Waals surface area contributed by atoms with E-state index in [1.54, 1.807) is 0 Å². The molecule has 3 N–H and O–H groups in total. The molecule has 0 fully saturated rings. The molecule has 0 heterocycles. The van der Waals surface area contributed by atoms with Crippen LogP contribution in [0, 0.1) is 12.8 Å². The molecule has 1 aromatic carbocycles. The van der Waals surface area contributed by atoms with E-state index in [4.69, 9.17) is 5.73 Å². The summed E-state index contributed by atoms with van der Waals surface area (Å²) in [6.45, 7) is 13.1. The molecule has 0 radical (unpaired) electrons. The van der Waals surface area contributed by atoms with Gasteiger partial charge in [0.1, 0.15) is 0 Å². The summed E-state index contributed by atoms with van der Waals surface area (Å²) in [5.74, 6) is 0.624. The molecular weight excluding hydrogens is 268 g/mol. The first-order valence-corrected chi connectivity index (χ1v) is 8.26. The molecule has 122 valence electrons. The summed E-state index contributed by atoms with van der Waals surface area (Å²) in [4.78, 5) is 0. The zero-order valence-electron chi connectivity index (χ0n) is 15.0. The Bertz CT molecular complexity index is 539. The van der Waals surface area contributed by atoms with E-state index in [1.807, 2.05) is 13.0 Å². The van der Waals surface area contributed by atoms with Crippen molar-refractivity contribution in [2.75, 3.05) is 11.1 Å². The molecule has 22 heavy (non-hydrogen) atoms. The van der Waals surface area contributed by atoms with Crippen molar-refractivity contribution in [3.05, 3.63) is 47.1 Å². The lowest BCUT2D eigenvalue weighted by Gasteiger charge is -2.16. The minimum absolute atomic E-state index is 0.446. The Morgan fingerprint density at radius 1 is 1.18 bits per heavy atom. The molecule has 1 atom stereocenters. The van der Waals surface area contributed by atoms with Crippen LogP contribution in [-0.4, -0.2) is 6.04 Å². The SMILES string of the molecule is C/C(=C/C=C(\C)C(C)C)CCC(C)Nc1ccc(N)c(C)c1. The van der Waals surface area contributed by atoms with Gasteiger partial charge in [0, 0.05) is 17.4 Å². The van der Waals surface area contributed by atoms with Crippen molar-refractivity contribution in [3.63, 3.8) is 0 Å². The van der Waals surface area contributed by atoms with E-state index in [1.165, 1.54) is 11.1 Å². The van der Waals surface area contributed by atoms with Gasteiger partial charge in [-0.25, -0.2) is 0 Å². The predicted octanol–water partition coefficient (Wildman–Crippen LogP) is 5.71. The second-order valence-electron chi connectivity index (χ2n) is 6.73. The largest absolute Gasteiger partial charge is 0.399 e. The van der Waals surface area contributed by atoms with Gasteiger partial charge in [-0.15, -0.1) is 0 Å². The first kappa shape index (κ1) is 18.3. The topological polar surface area (TPSA) is 38.0 Å². The van der Waals surface area contributed by atoms with E-state index in [0.29, 0.717) is 12.0 Å². The third-order valence-corrected chi connectivity index (χ3v) is 4.20. The number of benzene rings is 1. The summed E-state index contributed by atoms with van der Waals surface area (Å²) < 4.78 is 0. The number of rotatable bonds is 7. The first-order valence-electron chi connectivity index (χ1n) is 8.26. The van der Waals surface area contributed by atoms with Crippen molar-refractivity contribution in [3.8, 4) is 0 Å². The van der Waals surface area contributed by atoms with Gasteiger partial charge in [0.15, 0.2) is 0 Å². The summed E-state index contributed by atoms with van der Waals surface area (Å²) in [5.41, 5.74) is 11.8. The molecule has 0 aliphatic carbocycles. The predicted molar refractivity (Wildman–Crippen MR) is 100 cm³/mol. The van der Waals surface area contributed by atoms with E-state index in [-0.39, 0.29) is 0 Å². The van der Waals surface area contributed by atoms with Crippen LogP contribution in [0.4, 0.5) is 11.4 Å². The van der Waals surface area contributed by atoms with Crippen LogP contribution in [0.1, 0.15) is 53.0 Å². The summed E-state index contributed by atoms with van der Waals surface area (Å²) in [7, 11) is 0. The minimum Gasteiger partial charge on any atom is -0.399 e. The number of hydrogen-bond donors (Lipinski definition) is 2. The van der Waals surface area contributed by atoms with Gasteiger partial charge in [-0.1, -0.05) is 37.1 Å². The van der Waals surface area contributed by atoms with Crippen LogP contribution in [0.2, 0.25) is 0 Å². The highest BCUT2D eigenvalue weighted by molar-refractivity contribution is 5.56. The molecule has 0 spiro atoms. The van der Waals surface area contributed by atoms with Crippen LogP contribution in [0.5, 0.6) is 0 Å². The molecule has 2 heteroatoms. The van der Waals surface area contributed by atoms with Gasteiger partial charge >= 0.3 is 0 Å². The highest BCUT2D eigenvalue weighted by Gasteiger charge is 2.04. The number of anilines is 2. The molecule has 1 unspecified atom stereocenters. The third-order valence-electron chi connectivity index (χ3n) is 4.20. The maximum Gasteiger partial charge on any atom is 0.0346 e. The van der Waals surface area contributed by atoms with Crippen LogP contribution in [0.25, 0.3) is 0 Å². The van der Waals surface area contributed by atoms with Crippen molar-refractivity contribution in [2.45, 2.75) is 60.4 Å². The van der Waals surface area contributed by atoms with E-state index >= 15 is 0 Å². The Balaban J connectivity index is 2.48. The van der Waals surface area contributed by atoms with E-state index < -0.39 is 0 Å². The van der Waals surface area contributed by atoms with Crippen molar-refractivity contribution >= 4 is 11.4 Å². The van der Waals surface area contributed by atoms with Crippen LogP contribution in [0.3, 0.4) is 0 Å². The number of nitrogen functional groups attached to an aromatic ring is 1. The highest BCUT2D eigenvalue weighted by Crippen LogP contribution is 2.19. The molecule has 0 aliphatic heterocycles. The fourth-order valence-corrected chi connectivity index (χ4v) is 2.12. The fourth-order valence-electron chi connectivity index (χ4n) is 2.12. The summed E-state index contributed by atoms with van der Waals surface area (Å²) in [6.07, 6.45) is 6.75. The molecule has 0 saturated carbocycles. The quantitative estimate of drug-likeness (QED) is 0.500. The lowest BCUT2D eigenvalue weighted by atomic mass is 10.0. The van der Waals surface area contributed by atoms with Crippen LogP contribution in [0.15, 0.2) is 41.5 Å². The van der Waals surface area contributed by atoms with E-state index in [0.717, 1.165) is 29.8 Å². The lowest BCUT2D eigenvalue weighted by molar-refractivity contribution is 0.701. The Morgan fingerprint density at radius 3 is 2.45 bits per heavy atom. The number of hydrogen-bond acceptors (Lipinski definition) is 2. The molecular formula is C20H32N2. The molecule has 0 aromatic heterocycles. The Hall–Kier alpha value is -1.70. The van der Waals surface area contributed by atoms with Crippen molar-refractivity contribution < 1.29 is 0 Å². The average molecular weight is 300 g/mol. The first-order chi connectivity index (χ1) is 10.3. The normalized spacial score (nSPS) is 14.3. The maximum atomic E-state index is 5.86. The molecule has 0 aliphatic rings. The molecule has 0 saturated heterocycles. The monoisotopic (exact) mass is 300 g/mol. The van der Waals surface area contributed by atoms with Gasteiger partial charge in [-0.3, -0.25) is 0 Å². The van der Waals surface area contributed by atoms with Crippen LogP contribution in [-0.2, 0) is 0 Å². The Morgan fingerprint density at radius 2 is 1.86 bits per heavy atom. The van der Waals surface area contributed by atoms with Crippen LogP contribution >= 0.6 is 0 Å². The van der Waals surface area contributed by atoms with Gasteiger partial charge in [0.2, 0.25) is 0 Å². The molecule has 2 nitrogen and oxygen atoms in total. The molecule has 0 bridgehead atoms. The highest BCUT2D eigenvalue weighted by atomic mass is 14.9. The fraction of sp³-hybridized carbons (Fsp3) is 0.500. The van der Waals surface area contributed by atoms with Gasteiger partial charge in [-0.2, -0.15) is 0 Å².